The van der Waals surface area contributed by atoms with Crippen LogP contribution in [0.15, 0.2) is 36.5 Å². The molecule has 2 aromatic rings. The molecule has 1 unspecified atom stereocenters. The Morgan fingerprint density at radius 3 is 2.57 bits per heavy atom. The monoisotopic (exact) mass is 286 g/mol. The Morgan fingerprint density at radius 1 is 1.10 bits per heavy atom. The van der Waals surface area contributed by atoms with Crippen LogP contribution in [0.1, 0.15) is 18.0 Å². The van der Waals surface area contributed by atoms with Crippen molar-refractivity contribution in [3.8, 4) is 0 Å². The highest BCUT2D eigenvalue weighted by atomic mass is 15.1. The first kappa shape index (κ1) is 15.9. The summed E-state index contributed by atoms with van der Waals surface area (Å²) in [6.07, 6.45) is 2.99. The molecule has 4 heteroatoms. The van der Waals surface area contributed by atoms with Gasteiger partial charge in [0.1, 0.15) is 0 Å². The van der Waals surface area contributed by atoms with Crippen molar-refractivity contribution in [2.45, 2.75) is 12.5 Å². The zero-order valence-electron chi connectivity index (χ0n) is 13.3. The fourth-order valence-electron chi connectivity index (χ4n) is 2.73. The van der Waals surface area contributed by atoms with Gasteiger partial charge in [-0.15, -0.1) is 0 Å². The van der Waals surface area contributed by atoms with E-state index >= 15 is 0 Å². The second-order valence-corrected chi connectivity index (χ2v) is 5.81. The van der Waals surface area contributed by atoms with Crippen molar-refractivity contribution in [2.24, 2.45) is 5.73 Å². The number of aromatic nitrogens is 1. The third kappa shape index (κ3) is 4.00. The van der Waals surface area contributed by atoms with E-state index in [0.717, 1.165) is 25.0 Å². The van der Waals surface area contributed by atoms with E-state index in [1.807, 2.05) is 12.3 Å². The summed E-state index contributed by atoms with van der Waals surface area (Å²) in [6.45, 7) is 2.73. The number of nitrogens with zero attached hydrogens (tertiary/aromatic N) is 3. The topological polar surface area (TPSA) is 45.4 Å². The van der Waals surface area contributed by atoms with Crippen LogP contribution in [-0.4, -0.2) is 55.6 Å². The van der Waals surface area contributed by atoms with Crippen LogP contribution in [0.3, 0.4) is 0 Å². The molecule has 21 heavy (non-hydrogen) atoms. The lowest BCUT2D eigenvalue weighted by molar-refractivity contribution is 0.236. The zero-order chi connectivity index (χ0) is 15.2. The predicted molar refractivity (Wildman–Crippen MR) is 89.3 cm³/mol. The van der Waals surface area contributed by atoms with Gasteiger partial charge >= 0.3 is 0 Å². The van der Waals surface area contributed by atoms with Gasteiger partial charge in [-0.1, -0.05) is 24.3 Å². The highest BCUT2D eigenvalue weighted by Crippen LogP contribution is 2.25. The molecule has 0 spiro atoms. The largest absolute Gasteiger partial charge is 0.329 e. The third-order valence-electron chi connectivity index (χ3n) is 3.89. The molecule has 0 saturated heterocycles. The van der Waals surface area contributed by atoms with Gasteiger partial charge in [0.2, 0.25) is 0 Å². The number of hydrogen-bond acceptors (Lipinski definition) is 4. The molecule has 0 radical (unpaired) electrons. The van der Waals surface area contributed by atoms with E-state index in [2.05, 4.69) is 60.2 Å². The molecule has 2 rings (SSSR count). The number of rotatable bonds is 7. The summed E-state index contributed by atoms with van der Waals surface area (Å²) in [6, 6.07) is 10.6. The third-order valence-corrected chi connectivity index (χ3v) is 3.89. The molecular formula is C17H26N4. The number of pyridine rings is 1. The fraction of sp³-hybridized carbons (Fsp3) is 0.471. The maximum absolute atomic E-state index is 6.05. The number of fused-ring (bicyclic) bond motifs is 1. The van der Waals surface area contributed by atoms with E-state index in [-0.39, 0.29) is 6.04 Å². The minimum absolute atomic E-state index is 0.214. The minimum Gasteiger partial charge on any atom is -0.329 e. The van der Waals surface area contributed by atoms with Crippen molar-refractivity contribution in [1.29, 1.82) is 0 Å². The van der Waals surface area contributed by atoms with Gasteiger partial charge in [0, 0.05) is 24.2 Å². The first-order chi connectivity index (χ1) is 10.1. The maximum atomic E-state index is 6.05. The molecule has 0 fully saturated rings. The lowest BCUT2D eigenvalue weighted by Crippen LogP contribution is -2.32. The predicted octanol–water partition coefficient (Wildman–Crippen LogP) is 2.12. The first-order valence-corrected chi connectivity index (χ1v) is 7.52. The minimum atomic E-state index is 0.214. The van der Waals surface area contributed by atoms with Crippen molar-refractivity contribution in [2.75, 3.05) is 40.8 Å². The van der Waals surface area contributed by atoms with Crippen LogP contribution in [-0.2, 0) is 0 Å². The highest BCUT2D eigenvalue weighted by molar-refractivity contribution is 5.82. The lowest BCUT2D eigenvalue weighted by atomic mass is 10.0. The standard InChI is InChI=1S/C17H26N4/c1-20(2)11-6-12-21(3)16(13-18)15-9-4-7-14-8-5-10-19-17(14)15/h4-5,7-10,16H,6,11-13,18H2,1-3H3. The van der Waals surface area contributed by atoms with E-state index in [9.17, 15) is 0 Å². The second kappa shape index (κ2) is 7.50. The zero-order valence-corrected chi connectivity index (χ0v) is 13.3. The van der Waals surface area contributed by atoms with Crippen LogP contribution in [0, 0.1) is 0 Å². The summed E-state index contributed by atoms with van der Waals surface area (Å²) in [4.78, 5) is 9.10. The van der Waals surface area contributed by atoms with Crippen LogP contribution >= 0.6 is 0 Å². The maximum Gasteiger partial charge on any atom is 0.0750 e. The molecule has 0 amide bonds. The molecule has 1 atom stereocenters. The Balaban J connectivity index is 2.19. The van der Waals surface area contributed by atoms with Crippen molar-refractivity contribution in [1.82, 2.24) is 14.8 Å². The Bertz CT molecular complexity index is 562. The molecule has 1 aromatic carbocycles. The van der Waals surface area contributed by atoms with E-state index < -0.39 is 0 Å². The Labute approximate surface area is 127 Å². The van der Waals surface area contributed by atoms with Gasteiger partial charge in [0.15, 0.2) is 0 Å². The van der Waals surface area contributed by atoms with Gasteiger partial charge in [-0.25, -0.2) is 0 Å². The second-order valence-electron chi connectivity index (χ2n) is 5.81. The molecule has 2 N–H and O–H groups in total. The van der Waals surface area contributed by atoms with Gasteiger partial charge in [0.25, 0.3) is 0 Å². The summed E-state index contributed by atoms with van der Waals surface area (Å²) in [5.41, 5.74) is 8.34. The first-order valence-electron chi connectivity index (χ1n) is 7.52. The van der Waals surface area contributed by atoms with Crippen LogP contribution in [0.5, 0.6) is 0 Å². The molecular weight excluding hydrogens is 260 g/mol. The van der Waals surface area contributed by atoms with E-state index in [1.54, 1.807) is 0 Å². The van der Waals surface area contributed by atoms with Gasteiger partial charge in [-0.3, -0.25) is 9.88 Å². The normalized spacial score (nSPS) is 13.2. The molecule has 1 heterocycles. The SMILES string of the molecule is CN(C)CCCN(C)C(CN)c1cccc2cccnc12. The molecule has 0 aliphatic heterocycles. The fourth-order valence-corrected chi connectivity index (χ4v) is 2.73. The average Bonchev–Trinajstić information content (AvgIpc) is 2.48. The van der Waals surface area contributed by atoms with Crippen molar-refractivity contribution in [3.05, 3.63) is 42.1 Å². The quantitative estimate of drug-likeness (QED) is 0.847. The summed E-state index contributed by atoms with van der Waals surface area (Å²) in [7, 11) is 6.36. The van der Waals surface area contributed by atoms with Gasteiger partial charge in [-0.2, -0.15) is 0 Å². The Kier molecular flexibility index (Phi) is 5.67. The summed E-state index contributed by atoms with van der Waals surface area (Å²) < 4.78 is 0. The van der Waals surface area contributed by atoms with Crippen molar-refractivity contribution < 1.29 is 0 Å². The summed E-state index contributed by atoms with van der Waals surface area (Å²) >= 11 is 0. The van der Waals surface area contributed by atoms with Gasteiger partial charge in [0.05, 0.1) is 5.52 Å². The van der Waals surface area contributed by atoms with Crippen LogP contribution < -0.4 is 5.73 Å². The number of para-hydroxylation sites is 1. The Hall–Kier alpha value is -1.49. The molecule has 0 saturated carbocycles. The molecule has 4 nitrogen and oxygen atoms in total. The van der Waals surface area contributed by atoms with Crippen LogP contribution in [0.25, 0.3) is 10.9 Å². The number of benzene rings is 1. The van der Waals surface area contributed by atoms with Crippen molar-refractivity contribution >= 4 is 10.9 Å². The van der Waals surface area contributed by atoms with Gasteiger partial charge in [-0.05, 0) is 52.3 Å². The molecule has 0 bridgehead atoms. The van der Waals surface area contributed by atoms with Gasteiger partial charge < -0.3 is 10.6 Å². The molecule has 0 aliphatic carbocycles. The summed E-state index contributed by atoms with van der Waals surface area (Å²) in [5, 5.41) is 1.18. The lowest BCUT2D eigenvalue weighted by Gasteiger charge is -2.28. The molecule has 1 aromatic heterocycles. The van der Waals surface area contributed by atoms with Crippen molar-refractivity contribution in [3.63, 3.8) is 0 Å². The highest BCUT2D eigenvalue weighted by Gasteiger charge is 2.18. The van der Waals surface area contributed by atoms with E-state index in [4.69, 9.17) is 5.73 Å². The number of hydrogen-bond donors (Lipinski definition) is 1. The number of likely N-dealkylation sites (N-methyl/N-ethyl adjacent to an activating group) is 1. The average molecular weight is 286 g/mol. The summed E-state index contributed by atoms with van der Waals surface area (Å²) in [5.74, 6) is 0. The smallest absolute Gasteiger partial charge is 0.0750 e. The number of nitrogens with two attached hydrogens (primary N) is 1. The van der Waals surface area contributed by atoms with E-state index in [1.165, 1.54) is 10.9 Å². The molecule has 114 valence electrons. The van der Waals surface area contributed by atoms with Crippen LogP contribution in [0.4, 0.5) is 0 Å². The molecule has 0 aliphatic rings. The van der Waals surface area contributed by atoms with E-state index in [0.29, 0.717) is 6.54 Å². The van der Waals surface area contributed by atoms with Crippen LogP contribution in [0.2, 0.25) is 0 Å². The Morgan fingerprint density at radius 2 is 1.86 bits per heavy atom.